The van der Waals surface area contributed by atoms with Crippen LogP contribution in [-0.2, 0) is 21.5 Å². The second-order valence-corrected chi connectivity index (χ2v) is 9.74. The summed E-state index contributed by atoms with van der Waals surface area (Å²) in [5.41, 5.74) is 1.32. The number of thiophene rings is 1. The van der Waals surface area contributed by atoms with Crippen molar-refractivity contribution in [2.45, 2.75) is 25.0 Å². The van der Waals surface area contributed by atoms with E-state index >= 15 is 0 Å². The van der Waals surface area contributed by atoms with Crippen molar-refractivity contribution in [3.8, 4) is 0 Å². The maximum atomic E-state index is 13.0. The molecule has 1 aliphatic heterocycles. The molecule has 0 radical (unpaired) electrons. The van der Waals surface area contributed by atoms with E-state index in [9.17, 15) is 17.6 Å². The zero-order chi connectivity index (χ0) is 21.3. The molecule has 11 heteroatoms. The van der Waals surface area contributed by atoms with E-state index in [2.05, 4.69) is 15.1 Å². The van der Waals surface area contributed by atoms with Gasteiger partial charge in [0.05, 0.1) is 24.5 Å². The van der Waals surface area contributed by atoms with Gasteiger partial charge in [-0.05, 0) is 35.6 Å². The van der Waals surface area contributed by atoms with E-state index in [1.54, 1.807) is 23.0 Å². The van der Waals surface area contributed by atoms with Gasteiger partial charge in [0.15, 0.2) is 0 Å². The van der Waals surface area contributed by atoms with Crippen molar-refractivity contribution in [3.63, 3.8) is 0 Å². The molecule has 3 aromatic rings. The monoisotopic (exact) mass is 449 g/mol. The van der Waals surface area contributed by atoms with E-state index in [0.29, 0.717) is 18.7 Å². The minimum atomic E-state index is -3.78. The number of benzene rings is 1. The van der Waals surface area contributed by atoms with Crippen LogP contribution in [0.25, 0.3) is 0 Å². The summed E-state index contributed by atoms with van der Waals surface area (Å²) in [4.78, 5) is 13.7. The highest BCUT2D eigenvalue weighted by Crippen LogP contribution is 2.30. The van der Waals surface area contributed by atoms with E-state index in [4.69, 9.17) is 0 Å². The number of nitrogens with one attached hydrogen (secondary N) is 2. The molecule has 1 amide bonds. The molecule has 0 saturated carbocycles. The highest BCUT2D eigenvalue weighted by atomic mass is 32.2. The smallest absolute Gasteiger partial charge is 0.280 e. The number of halogens is 1. The number of likely N-dealkylation sites (N-methyl/N-ethyl adjacent to an activating group) is 1. The van der Waals surface area contributed by atoms with Crippen LogP contribution in [-0.4, -0.2) is 41.5 Å². The molecule has 3 heterocycles. The zero-order valence-electron chi connectivity index (χ0n) is 16.0. The first-order chi connectivity index (χ1) is 14.3. The Labute approximate surface area is 177 Å². The number of hydrogen-bond donors (Lipinski definition) is 2. The standard InChI is InChI=1S/C19H20FN5O3S2/c1-24-17(9-16(23-30(24,27)28)18-3-2-8-29-18)19(26)22-15-10-21-25(12-15)11-13-4-6-14(20)7-5-13/h2-8,10,12,16-17,23H,9,11H2,1H3,(H,22,26). The molecule has 30 heavy (non-hydrogen) atoms. The fourth-order valence-corrected chi connectivity index (χ4v) is 5.43. The highest BCUT2D eigenvalue weighted by molar-refractivity contribution is 7.87. The third-order valence-electron chi connectivity index (χ3n) is 4.92. The Balaban J connectivity index is 1.46. The van der Waals surface area contributed by atoms with Gasteiger partial charge in [0.2, 0.25) is 5.91 Å². The van der Waals surface area contributed by atoms with Crippen LogP contribution in [0.1, 0.15) is 22.9 Å². The molecule has 1 fully saturated rings. The van der Waals surface area contributed by atoms with Crippen molar-refractivity contribution in [1.82, 2.24) is 18.8 Å². The van der Waals surface area contributed by atoms with Gasteiger partial charge in [-0.15, -0.1) is 11.3 Å². The SMILES string of the molecule is CN1C(C(=O)Nc2cnn(Cc3ccc(F)cc3)c2)CC(c2cccs2)NS1(=O)=O. The van der Waals surface area contributed by atoms with Crippen LogP contribution in [0.3, 0.4) is 0 Å². The first-order valence-corrected chi connectivity index (χ1v) is 11.5. The van der Waals surface area contributed by atoms with Crippen molar-refractivity contribution >= 4 is 33.1 Å². The quantitative estimate of drug-likeness (QED) is 0.625. The van der Waals surface area contributed by atoms with Gasteiger partial charge in [-0.25, -0.2) is 4.39 Å². The summed E-state index contributed by atoms with van der Waals surface area (Å²) in [6.45, 7) is 0.415. The number of aromatic nitrogens is 2. The summed E-state index contributed by atoms with van der Waals surface area (Å²) in [6, 6.07) is 8.45. The fourth-order valence-electron chi connectivity index (χ4n) is 3.30. The number of rotatable bonds is 5. The largest absolute Gasteiger partial charge is 0.322 e. The summed E-state index contributed by atoms with van der Waals surface area (Å²) < 4.78 is 43.3. The van der Waals surface area contributed by atoms with E-state index in [-0.39, 0.29) is 5.82 Å². The Hall–Kier alpha value is -2.60. The molecule has 4 rings (SSSR count). The first-order valence-electron chi connectivity index (χ1n) is 9.18. The molecule has 2 unspecified atom stereocenters. The van der Waals surface area contributed by atoms with Crippen molar-refractivity contribution in [3.05, 3.63) is 70.4 Å². The lowest BCUT2D eigenvalue weighted by Crippen LogP contribution is -2.55. The summed E-state index contributed by atoms with van der Waals surface area (Å²) in [7, 11) is -2.40. The maximum absolute atomic E-state index is 13.0. The van der Waals surface area contributed by atoms with Gasteiger partial charge in [-0.1, -0.05) is 18.2 Å². The van der Waals surface area contributed by atoms with Crippen LogP contribution in [0.2, 0.25) is 0 Å². The van der Waals surface area contributed by atoms with Crippen molar-refractivity contribution in [2.24, 2.45) is 0 Å². The van der Waals surface area contributed by atoms with E-state index in [1.165, 1.54) is 36.7 Å². The third kappa shape index (κ3) is 4.43. The molecule has 2 aromatic heterocycles. The van der Waals surface area contributed by atoms with Crippen LogP contribution < -0.4 is 10.0 Å². The number of carbonyl (C=O) groups is 1. The van der Waals surface area contributed by atoms with E-state index in [1.807, 2.05) is 17.5 Å². The van der Waals surface area contributed by atoms with Crippen LogP contribution in [0, 0.1) is 5.82 Å². The predicted molar refractivity (Wildman–Crippen MR) is 112 cm³/mol. The predicted octanol–water partition coefficient (Wildman–Crippen LogP) is 2.35. The third-order valence-corrected chi connectivity index (χ3v) is 7.50. The Morgan fingerprint density at radius 2 is 2.10 bits per heavy atom. The Morgan fingerprint density at radius 1 is 1.33 bits per heavy atom. The average Bonchev–Trinajstić information content (AvgIpc) is 3.38. The molecule has 2 N–H and O–H groups in total. The number of hydrogen-bond acceptors (Lipinski definition) is 5. The van der Waals surface area contributed by atoms with E-state index in [0.717, 1.165) is 14.7 Å². The molecule has 1 aliphatic rings. The molecule has 0 aliphatic carbocycles. The van der Waals surface area contributed by atoms with Gasteiger partial charge in [0, 0.05) is 18.1 Å². The van der Waals surface area contributed by atoms with Crippen LogP contribution in [0.15, 0.2) is 54.2 Å². The molecule has 0 spiro atoms. The van der Waals surface area contributed by atoms with Gasteiger partial charge in [-0.2, -0.15) is 22.5 Å². The number of carbonyl (C=O) groups excluding carboxylic acids is 1. The highest BCUT2D eigenvalue weighted by Gasteiger charge is 2.41. The van der Waals surface area contributed by atoms with Gasteiger partial charge < -0.3 is 5.32 Å². The second kappa shape index (κ2) is 8.26. The van der Waals surface area contributed by atoms with Gasteiger partial charge in [0.1, 0.15) is 11.9 Å². The summed E-state index contributed by atoms with van der Waals surface area (Å²) >= 11 is 1.44. The minimum Gasteiger partial charge on any atom is -0.322 e. The van der Waals surface area contributed by atoms with Crippen molar-refractivity contribution in [2.75, 3.05) is 12.4 Å². The van der Waals surface area contributed by atoms with Gasteiger partial charge in [0.25, 0.3) is 10.2 Å². The molecular formula is C19H20FN5O3S2. The lowest BCUT2D eigenvalue weighted by molar-refractivity contribution is -0.120. The normalized spacial score (nSPS) is 21.4. The number of nitrogens with zero attached hydrogens (tertiary/aromatic N) is 3. The maximum Gasteiger partial charge on any atom is 0.280 e. The average molecular weight is 450 g/mol. The topological polar surface area (TPSA) is 96.3 Å². The Kier molecular flexibility index (Phi) is 5.69. The lowest BCUT2D eigenvalue weighted by Gasteiger charge is -2.35. The molecule has 1 aromatic carbocycles. The van der Waals surface area contributed by atoms with E-state index < -0.39 is 28.2 Å². The lowest BCUT2D eigenvalue weighted by atomic mass is 10.1. The minimum absolute atomic E-state index is 0.311. The second-order valence-electron chi connectivity index (χ2n) is 7.00. The molecule has 0 bridgehead atoms. The number of amides is 1. The first kappa shape index (κ1) is 20.7. The number of anilines is 1. The molecule has 8 nitrogen and oxygen atoms in total. The molecule has 1 saturated heterocycles. The van der Waals surface area contributed by atoms with Crippen molar-refractivity contribution in [1.29, 1.82) is 0 Å². The van der Waals surface area contributed by atoms with Crippen LogP contribution >= 0.6 is 11.3 Å². The van der Waals surface area contributed by atoms with Crippen molar-refractivity contribution < 1.29 is 17.6 Å². The van der Waals surface area contributed by atoms with Crippen LogP contribution in [0.5, 0.6) is 0 Å². The van der Waals surface area contributed by atoms with Gasteiger partial charge in [-0.3, -0.25) is 9.48 Å². The Bertz CT molecular complexity index is 1130. The Morgan fingerprint density at radius 3 is 2.80 bits per heavy atom. The molecular weight excluding hydrogens is 429 g/mol. The summed E-state index contributed by atoms with van der Waals surface area (Å²) in [5.74, 6) is -0.737. The summed E-state index contributed by atoms with van der Waals surface area (Å²) in [6.07, 6.45) is 3.45. The van der Waals surface area contributed by atoms with Crippen LogP contribution in [0.4, 0.5) is 10.1 Å². The fraction of sp³-hybridized carbons (Fsp3) is 0.263. The zero-order valence-corrected chi connectivity index (χ0v) is 17.7. The van der Waals surface area contributed by atoms with Gasteiger partial charge >= 0.3 is 0 Å². The summed E-state index contributed by atoms with van der Waals surface area (Å²) in [5, 5.41) is 8.82. The molecule has 2 atom stereocenters. The molecule has 158 valence electrons.